The maximum atomic E-state index is 13.9. The first-order valence-electron chi connectivity index (χ1n) is 9.85. The Bertz CT molecular complexity index is 1230. The molecule has 1 aromatic heterocycles. The van der Waals surface area contributed by atoms with Crippen molar-refractivity contribution in [1.82, 2.24) is 9.78 Å². The number of aromatic nitrogens is 2. The summed E-state index contributed by atoms with van der Waals surface area (Å²) in [5.74, 6) is -1.63. The van der Waals surface area contributed by atoms with Crippen LogP contribution in [0.15, 0.2) is 53.0 Å². The van der Waals surface area contributed by atoms with Crippen molar-refractivity contribution in [1.29, 1.82) is 0 Å². The molecule has 0 aliphatic carbocycles. The minimum absolute atomic E-state index is 0.0552. The summed E-state index contributed by atoms with van der Waals surface area (Å²) < 4.78 is 83.7. The number of hydrogen-bond donors (Lipinski definition) is 2. The molecule has 0 saturated heterocycles. The standard InChI is InChI=1S/C21H14BrClF6N4O2/c22-11-3-1-10(2-4-11)14-9-15(20(24,25)26)33-18(31-14)16(23)17(32-33)19(34)30-12-5-7-13(8-6-12)35-21(27,28)29/h1-8,14-15,31H,9H2,(H,30,34)/t14-,15-/m0/s1. The molecule has 0 radical (unpaired) electrons. The lowest BCUT2D eigenvalue weighted by Gasteiger charge is -2.33. The van der Waals surface area contributed by atoms with Gasteiger partial charge >= 0.3 is 12.5 Å². The molecule has 0 unspecified atom stereocenters. The van der Waals surface area contributed by atoms with E-state index in [1.165, 1.54) is 0 Å². The number of fused-ring (bicyclic) bond motifs is 1. The van der Waals surface area contributed by atoms with Crippen molar-refractivity contribution in [2.24, 2.45) is 0 Å². The zero-order chi connectivity index (χ0) is 25.5. The van der Waals surface area contributed by atoms with E-state index < -0.39 is 48.4 Å². The maximum absolute atomic E-state index is 13.9. The molecule has 3 aromatic rings. The number of nitrogens with one attached hydrogen (secondary N) is 2. The summed E-state index contributed by atoms with van der Waals surface area (Å²) in [6.07, 6.45) is -9.95. The van der Waals surface area contributed by atoms with Crippen LogP contribution < -0.4 is 15.4 Å². The molecule has 6 nitrogen and oxygen atoms in total. The van der Waals surface area contributed by atoms with E-state index >= 15 is 0 Å². The van der Waals surface area contributed by atoms with E-state index in [1.807, 2.05) is 0 Å². The minimum atomic E-state index is -4.88. The number of benzene rings is 2. The van der Waals surface area contributed by atoms with Crippen molar-refractivity contribution < 1.29 is 35.9 Å². The number of halogens is 8. The van der Waals surface area contributed by atoms with Crippen molar-refractivity contribution in [3.63, 3.8) is 0 Å². The fourth-order valence-electron chi connectivity index (χ4n) is 3.58. The zero-order valence-corrected chi connectivity index (χ0v) is 19.6. The number of nitrogens with zero attached hydrogens (tertiary/aromatic N) is 2. The van der Waals surface area contributed by atoms with Gasteiger partial charge in [-0.15, -0.1) is 13.2 Å². The number of ether oxygens (including phenoxy) is 1. The van der Waals surface area contributed by atoms with Gasteiger partial charge in [-0.2, -0.15) is 18.3 Å². The van der Waals surface area contributed by atoms with Gasteiger partial charge in [0.2, 0.25) is 0 Å². The van der Waals surface area contributed by atoms with E-state index in [-0.39, 0.29) is 16.5 Å². The highest BCUT2D eigenvalue weighted by molar-refractivity contribution is 9.10. The van der Waals surface area contributed by atoms with Gasteiger partial charge in [0.15, 0.2) is 11.7 Å². The van der Waals surface area contributed by atoms with E-state index in [2.05, 4.69) is 36.4 Å². The van der Waals surface area contributed by atoms with Crippen LogP contribution in [-0.2, 0) is 0 Å². The molecule has 0 spiro atoms. The number of anilines is 2. The van der Waals surface area contributed by atoms with Crippen LogP contribution in [0.4, 0.5) is 37.8 Å². The molecule has 2 N–H and O–H groups in total. The lowest BCUT2D eigenvalue weighted by Crippen LogP contribution is -2.35. The van der Waals surface area contributed by atoms with Crippen LogP contribution in [0.5, 0.6) is 5.75 Å². The molecule has 35 heavy (non-hydrogen) atoms. The minimum Gasteiger partial charge on any atom is -0.406 e. The van der Waals surface area contributed by atoms with Crippen molar-refractivity contribution >= 4 is 44.9 Å². The third-order valence-corrected chi connectivity index (χ3v) is 6.02. The quantitative estimate of drug-likeness (QED) is 0.321. The van der Waals surface area contributed by atoms with Crippen molar-refractivity contribution in [3.05, 3.63) is 69.3 Å². The summed E-state index contributed by atoms with van der Waals surface area (Å²) in [6.45, 7) is 0. The molecule has 2 aromatic carbocycles. The van der Waals surface area contributed by atoms with Gasteiger partial charge in [-0.05, 0) is 42.0 Å². The number of amides is 1. The Morgan fingerprint density at radius 3 is 2.29 bits per heavy atom. The number of carbonyl (C=O) groups excluding carboxylic acids is 1. The molecule has 2 heterocycles. The molecule has 186 valence electrons. The molecule has 0 fully saturated rings. The first-order chi connectivity index (χ1) is 16.3. The normalized spacial score (nSPS) is 17.9. The molecule has 14 heteroatoms. The highest BCUT2D eigenvalue weighted by Gasteiger charge is 2.47. The van der Waals surface area contributed by atoms with Gasteiger partial charge in [0.1, 0.15) is 16.6 Å². The Kier molecular flexibility index (Phi) is 6.66. The monoisotopic (exact) mass is 582 g/mol. The third-order valence-electron chi connectivity index (χ3n) is 5.13. The zero-order valence-electron chi connectivity index (χ0n) is 17.2. The lowest BCUT2D eigenvalue weighted by molar-refractivity contribution is -0.274. The number of alkyl halides is 6. The molecular formula is C21H14BrClF6N4O2. The van der Waals surface area contributed by atoms with Crippen molar-refractivity contribution in [2.75, 3.05) is 10.6 Å². The summed E-state index contributed by atoms with van der Waals surface area (Å²) in [5.41, 5.74) is 0.160. The maximum Gasteiger partial charge on any atom is 0.573 e. The summed E-state index contributed by atoms with van der Waals surface area (Å²) in [4.78, 5) is 12.7. The van der Waals surface area contributed by atoms with Crippen molar-refractivity contribution in [2.45, 2.75) is 31.0 Å². The molecule has 0 saturated carbocycles. The fraction of sp³-hybridized carbons (Fsp3) is 0.238. The average Bonchev–Trinajstić information content (AvgIpc) is 3.10. The van der Waals surface area contributed by atoms with Gasteiger partial charge < -0.3 is 15.4 Å². The number of carbonyl (C=O) groups is 1. The van der Waals surface area contributed by atoms with E-state index in [0.717, 1.165) is 28.7 Å². The molecule has 1 aliphatic rings. The molecule has 2 atom stereocenters. The first kappa shape index (κ1) is 25.2. The Morgan fingerprint density at radius 2 is 1.71 bits per heavy atom. The van der Waals surface area contributed by atoms with Crippen LogP contribution in [0.3, 0.4) is 0 Å². The average molecular weight is 584 g/mol. The molecular weight excluding hydrogens is 570 g/mol. The van der Waals surface area contributed by atoms with Crippen LogP contribution in [-0.4, -0.2) is 28.2 Å². The van der Waals surface area contributed by atoms with Crippen LogP contribution in [0.25, 0.3) is 0 Å². The van der Waals surface area contributed by atoms with Crippen molar-refractivity contribution in [3.8, 4) is 5.75 Å². The second-order valence-corrected chi connectivity index (χ2v) is 8.82. The topological polar surface area (TPSA) is 68.2 Å². The van der Waals surface area contributed by atoms with Gasteiger partial charge in [-0.25, -0.2) is 4.68 Å². The Labute approximate surface area is 207 Å². The van der Waals surface area contributed by atoms with Gasteiger partial charge in [0.25, 0.3) is 5.91 Å². The SMILES string of the molecule is O=C(Nc1ccc(OC(F)(F)F)cc1)c1nn2c(c1Cl)N[C@H](c1ccc(Br)cc1)C[C@H]2C(F)(F)F. The van der Waals surface area contributed by atoms with E-state index in [1.54, 1.807) is 24.3 Å². The Hall–Kier alpha value is -2.93. The van der Waals surface area contributed by atoms with E-state index in [4.69, 9.17) is 11.6 Å². The van der Waals surface area contributed by atoms with Crippen LogP contribution >= 0.6 is 27.5 Å². The fourth-order valence-corrected chi connectivity index (χ4v) is 4.11. The van der Waals surface area contributed by atoms with Crippen LogP contribution in [0.1, 0.15) is 34.6 Å². The first-order valence-corrected chi connectivity index (χ1v) is 11.0. The molecule has 1 aliphatic heterocycles. The van der Waals surface area contributed by atoms with Gasteiger partial charge in [-0.3, -0.25) is 4.79 Å². The Morgan fingerprint density at radius 1 is 1.09 bits per heavy atom. The highest BCUT2D eigenvalue weighted by atomic mass is 79.9. The predicted molar refractivity (Wildman–Crippen MR) is 119 cm³/mol. The third kappa shape index (κ3) is 5.67. The lowest BCUT2D eigenvalue weighted by atomic mass is 9.97. The number of hydrogen-bond acceptors (Lipinski definition) is 4. The molecule has 4 rings (SSSR count). The summed E-state index contributed by atoms with van der Waals surface area (Å²) in [6, 6.07) is 8.09. The Balaban J connectivity index is 1.60. The van der Waals surface area contributed by atoms with E-state index in [9.17, 15) is 31.1 Å². The number of rotatable bonds is 4. The second-order valence-electron chi connectivity index (χ2n) is 7.52. The largest absolute Gasteiger partial charge is 0.573 e. The smallest absolute Gasteiger partial charge is 0.406 e. The highest BCUT2D eigenvalue weighted by Crippen LogP contribution is 2.46. The van der Waals surface area contributed by atoms with Crippen LogP contribution in [0, 0.1) is 0 Å². The van der Waals surface area contributed by atoms with Gasteiger partial charge in [-0.1, -0.05) is 39.7 Å². The molecule has 0 bridgehead atoms. The van der Waals surface area contributed by atoms with Crippen LogP contribution in [0.2, 0.25) is 5.02 Å². The summed E-state index contributed by atoms with van der Waals surface area (Å²) >= 11 is 9.54. The summed E-state index contributed by atoms with van der Waals surface area (Å²) in [7, 11) is 0. The summed E-state index contributed by atoms with van der Waals surface area (Å²) in [5, 5.41) is 8.76. The van der Waals surface area contributed by atoms with E-state index in [0.29, 0.717) is 10.2 Å². The van der Waals surface area contributed by atoms with Gasteiger partial charge in [0, 0.05) is 16.6 Å². The van der Waals surface area contributed by atoms with Gasteiger partial charge in [0.05, 0.1) is 6.04 Å². The molecule has 1 amide bonds. The predicted octanol–water partition coefficient (Wildman–Crippen LogP) is 7.11. The second kappa shape index (κ2) is 9.26.